The van der Waals surface area contributed by atoms with Crippen LogP contribution in [0.3, 0.4) is 0 Å². The smallest absolute Gasteiger partial charge is 0.289 e. The molecule has 0 N–H and O–H groups in total. The second kappa shape index (κ2) is 5.70. The molecule has 0 atom stereocenters. The van der Waals surface area contributed by atoms with Crippen molar-refractivity contribution in [3.8, 4) is 0 Å². The normalized spacial score (nSPS) is 16.6. The Bertz CT molecular complexity index is 672. The van der Waals surface area contributed by atoms with Crippen molar-refractivity contribution in [2.75, 3.05) is 32.7 Å². The number of amides is 1. The van der Waals surface area contributed by atoms with Crippen molar-refractivity contribution in [1.82, 2.24) is 9.80 Å². The lowest BCUT2D eigenvalue weighted by molar-refractivity contribution is 0.0613. The van der Waals surface area contributed by atoms with Crippen LogP contribution in [-0.2, 0) is 0 Å². The van der Waals surface area contributed by atoms with Crippen LogP contribution in [0.2, 0.25) is 5.02 Å². The van der Waals surface area contributed by atoms with E-state index < -0.39 is 0 Å². The minimum Gasteiger partial charge on any atom is -0.451 e. The van der Waals surface area contributed by atoms with Gasteiger partial charge in [0.15, 0.2) is 5.76 Å². The molecule has 1 aliphatic rings. The molecule has 3 rings (SSSR count). The SMILES string of the molecule is CCN1CCN(C(=O)c2oc3ccc(Cl)cc3c2C)CC1. The van der Waals surface area contributed by atoms with Crippen LogP contribution in [0.15, 0.2) is 22.6 Å². The summed E-state index contributed by atoms with van der Waals surface area (Å²) >= 11 is 6.02. The summed E-state index contributed by atoms with van der Waals surface area (Å²) in [6.45, 7) is 8.45. The van der Waals surface area contributed by atoms with Gasteiger partial charge in [0.05, 0.1) is 0 Å². The average Bonchev–Trinajstić information content (AvgIpc) is 2.83. The molecule has 1 aliphatic heterocycles. The van der Waals surface area contributed by atoms with Crippen LogP contribution < -0.4 is 0 Å². The van der Waals surface area contributed by atoms with Crippen molar-refractivity contribution in [2.45, 2.75) is 13.8 Å². The van der Waals surface area contributed by atoms with Gasteiger partial charge in [0.25, 0.3) is 5.91 Å². The van der Waals surface area contributed by atoms with Crippen molar-refractivity contribution < 1.29 is 9.21 Å². The van der Waals surface area contributed by atoms with Gasteiger partial charge in [0.2, 0.25) is 0 Å². The zero-order valence-corrected chi connectivity index (χ0v) is 13.1. The Labute approximate surface area is 129 Å². The largest absolute Gasteiger partial charge is 0.451 e. The lowest BCUT2D eigenvalue weighted by atomic mass is 10.1. The zero-order chi connectivity index (χ0) is 15.0. The number of hydrogen-bond acceptors (Lipinski definition) is 3. The number of nitrogens with zero attached hydrogens (tertiary/aromatic N) is 2. The molecule has 112 valence electrons. The first-order valence-electron chi connectivity index (χ1n) is 7.30. The van der Waals surface area contributed by atoms with Gasteiger partial charge in [-0.05, 0) is 31.7 Å². The number of piperazine rings is 1. The first-order chi connectivity index (χ1) is 10.1. The van der Waals surface area contributed by atoms with Gasteiger partial charge in [-0.1, -0.05) is 18.5 Å². The topological polar surface area (TPSA) is 36.7 Å². The molecule has 0 saturated carbocycles. The lowest BCUT2D eigenvalue weighted by Crippen LogP contribution is -2.48. The van der Waals surface area contributed by atoms with E-state index in [2.05, 4.69) is 11.8 Å². The van der Waals surface area contributed by atoms with Crippen molar-refractivity contribution >= 4 is 28.5 Å². The molecular formula is C16H19ClN2O2. The zero-order valence-electron chi connectivity index (χ0n) is 12.4. The van der Waals surface area contributed by atoms with Gasteiger partial charge in [0.1, 0.15) is 5.58 Å². The van der Waals surface area contributed by atoms with Crippen LogP contribution in [0.1, 0.15) is 23.0 Å². The minimum atomic E-state index is -0.0180. The third-order valence-electron chi connectivity index (χ3n) is 4.20. The van der Waals surface area contributed by atoms with E-state index in [-0.39, 0.29) is 5.91 Å². The molecule has 4 nitrogen and oxygen atoms in total. The van der Waals surface area contributed by atoms with Gasteiger partial charge < -0.3 is 14.2 Å². The van der Waals surface area contributed by atoms with Crippen LogP contribution in [0.4, 0.5) is 0 Å². The van der Waals surface area contributed by atoms with Crippen LogP contribution in [0.5, 0.6) is 0 Å². The summed E-state index contributed by atoms with van der Waals surface area (Å²) in [7, 11) is 0. The number of carbonyl (C=O) groups excluding carboxylic acids is 1. The standard InChI is InChI=1S/C16H19ClN2O2/c1-3-18-6-8-19(9-7-18)16(20)15-11(2)13-10-12(17)4-5-14(13)21-15/h4-5,10H,3,6-9H2,1-2H3. The molecule has 1 aromatic heterocycles. The maximum absolute atomic E-state index is 12.7. The van der Waals surface area contributed by atoms with Crippen LogP contribution in [-0.4, -0.2) is 48.4 Å². The molecule has 1 amide bonds. The highest BCUT2D eigenvalue weighted by atomic mass is 35.5. The summed E-state index contributed by atoms with van der Waals surface area (Å²) < 4.78 is 5.76. The number of benzene rings is 1. The maximum Gasteiger partial charge on any atom is 0.289 e. The fourth-order valence-corrected chi connectivity index (χ4v) is 2.98. The number of halogens is 1. The summed E-state index contributed by atoms with van der Waals surface area (Å²) in [5, 5.41) is 1.57. The average molecular weight is 307 g/mol. The Balaban J connectivity index is 1.87. The molecule has 1 aromatic carbocycles. The third kappa shape index (κ3) is 2.65. The summed E-state index contributed by atoms with van der Waals surface area (Å²) in [6, 6.07) is 5.44. The van der Waals surface area contributed by atoms with E-state index in [9.17, 15) is 4.79 Å². The van der Waals surface area contributed by atoms with Crippen LogP contribution in [0, 0.1) is 6.92 Å². The fourth-order valence-electron chi connectivity index (χ4n) is 2.81. The fraction of sp³-hybridized carbons (Fsp3) is 0.438. The van der Waals surface area contributed by atoms with E-state index in [1.807, 2.05) is 24.0 Å². The molecule has 0 bridgehead atoms. The van der Waals surface area contributed by atoms with E-state index in [1.54, 1.807) is 6.07 Å². The Morgan fingerprint density at radius 2 is 2.00 bits per heavy atom. The molecule has 2 aromatic rings. The predicted octanol–water partition coefficient (Wildman–Crippen LogP) is 3.17. The van der Waals surface area contributed by atoms with Gasteiger partial charge in [0, 0.05) is 42.2 Å². The number of fused-ring (bicyclic) bond motifs is 1. The second-order valence-electron chi connectivity index (χ2n) is 5.42. The Hall–Kier alpha value is -1.52. The summed E-state index contributed by atoms with van der Waals surface area (Å²) in [5.74, 6) is 0.424. The second-order valence-corrected chi connectivity index (χ2v) is 5.86. The van der Waals surface area contributed by atoms with Crippen molar-refractivity contribution in [2.24, 2.45) is 0 Å². The summed E-state index contributed by atoms with van der Waals surface area (Å²) in [5.41, 5.74) is 1.59. The molecule has 0 radical (unpaired) electrons. The van der Waals surface area contributed by atoms with Gasteiger partial charge in [-0.15, -0.1) is 0 Å². The molecule has 0 unspecified atom stereocenters. The number of furan rings is 1. The minimum absolute atomic E-state index is 0.0180. The molecule has 5 heteroatoms. The highest BCUT2D eigenvalue weighted by molar-refractivity contribution is 6.31. The van der Waals surface area contributed by atoms with Crippen LogP contribution in [0.25, 0.3) is 11.0 Å². The summed E-state index contributed by atoms with van der Waals surface area (Å²) in [6.07, 6.45) is 0. The van der Waals surface area contributed by atoms with E-state index in [0.29, 0.717) is 16.4 Å². The Kier molecular flexibility index (Phi) is 3.91. The Morgan fingerprint density at radius 3 is 2.67 bits per heavy atom. The number of hydrogen-bond donors (Lipinski definition) is 0. The molecule has 1 fully saturated rings. The molecule has 2 heterocycles. The van der Waals surface area contributed by atoms with E-state index in [0.717, 1.165) is 43.7 Å². The van der Waals surface area contributed by atoms with E-state index in [4.69, 9.17) is 16.0 Å². The van der Waals surface area contributed by atoms with Crippen molar-refractivity contribution in [3.05, 3.63) is 34.5 Å². The number of likely N-dealkylation sites (N-methyl/N-ethyl adjacent to an activating group) is 1. The van der Waals surface area contributed by atoms with Crippen molar-refractivity contribution in [1.29, 1.82) is 0 Å². The van der Waals surface area contributed by atoms with E-state index >= 15 is 0 Å². The first kappa shape index (κ1) is 14.4. The van der Waals surface area contributed by atoms with Gasteiger partial charge in [-0.2, -0.15) is 0 Å². The van der Waals surface area contributed by atoms with Gasteiger partial charge >= 0.3 is 0 Å². The predicted molar refractivity (Wildman–Crippen MR) is 84.0 cm³/mol. The quantitative estimate of drug-likeness (QED) is 0.855. The molecule has 0 aliphatic carbocycles. The highest BCUT2D eigenvalue weighted by Gasteiger charge is 2.26. The van der Waals surface area contributed by atoms with Gasteiger partial charge in [-0.25, -0.2) is 0 Å². The maximum atomic E-state index is 12.7. The molecule has 0 spiro atoms. The Morgan fingerprint density at radius 1 is 1.29 bits per heavy atom. The molecule has 21 heavy (non-hydrogen) atoms. The molecular weight excluding hydrogens is 288 g/mol. The lowest BCUT2D eigenvalue weighted by Gasteiger charge is -2.33. The van der Waals surface area contributed by atoms with Crippen LogP contribution >= 0.6 is 11.6 Å². The first-order valence-corrected chi connectivity index (χ1v) is 7.68. The number of aryl methyl sites for hydroxylation is 1. The van der Waals surface area contributed by atoms with E-state index in [1.165, 1.54) is 0 Å². The monoisotopic (exact) mass is 306 g/mol. The van der Waals surface area contributed by atoms with Gasteiger partial charge in [-0.3, -0.25) is 4.79 Å². The third-order valence-corrected chi connectivity index (χ3v) is 4.43. The highest BCUT2D eigenvalue weighted by Crippen LogP contribution is 2.28. The number of carbonyl (C=O) groups is 1. The van der Waals surface area contributed by atoms with Crippen molar-refractivity contribution in [3.63, 3.8) is 0 Å². The summed E-state index contributed by atoms with van der Waals surface area (Å²) in [4.78, 5) is 16.9. The number of rotatable bonds is 2. The molecule has 1 saturated heterocycles.